The number of amides is 1. The molecule has 0 saturated heterocycles. The molecular formula is C20H20N4O2. The topological polar surface area (TPSA) is 104 Å². The molecule has 1 heterocycles. The van der Waals surface area contributed by atoms with Gasteiger partial charge in [0.25, 0.3) is 0 Å². The van der Waals surface area contributed by atoms with Crippen molar-refractivity contribution in [3.63, 3.8) is 0 Å². The maximum Gasteiger partial charge on any atom is 0.244 e. The number of carbonyl (C=O) groups excluding carboxylic acids is 1. The van der Waals surface area contributed by atoms with Gasteiger partial charge in [0.15, 0.2) is 0 Å². The highest BCUT2D eigenvalue weighted by Gasteiger charge is 2.41. The molecule has 1 aromatic heterocycles. The molecule has 1 aromatic carbocycles. The molecule has 1 amide bonds. The molecule has 4 rings (SSSR count). The summed E-state index contributed by atoms with van der Waals surface area (Å²) in [5, 5.41) is 0. The standard InChI is InChI=1S/C20H20N4O2/c21-19(25)14-6-9-18(26-15-7-8-15)20(22,10-14)17-12-23-16(11-24-17)13-4-2-1-3-5-13/h1-6,9,11-12,15H,7-8,10,22H2,(H2,21,25). The summed E-state index contributed by atoms with van der Waals surface area (Å²) in [4.78, 5) is 20.7. The SMILES string of the molecule is NC(=O)C1=CC=C(OC2CC2)C(N)(c2cnc(-c3ccccc3)cn2)C1. The first kappa shape index (κ1) is 16.5. The Bertz CT molecular complexity index is 886. The summed E-state index contributed by atoms with van der Waals surface area (Å²) in [5.41, 5.74) is 13.8. The van der Waals surface area contributed by atoms with Crippen LogP contribution in [-0.4, -0.2) is 22.0 Å². The first-order valence-corrected chi connectivity index (χ1v) is 8.61. The fourth-order valence-electron chi connectivity index (χ4n) is 2.98. The van der Waals surface area contributed by atoms with Crippen molar-refractivity contribution in [2.45, 2.75) is 30.9 Å². The number of hydrogen-bond donors (Lipinski definition) is 2. The van der Waals surface area contributed by atoms with E-state index in [9.17, 15) is 4.79 Å². The lowest BCUT2D eigenvalue weighted by Crippen LogP contribution is -2.44. The highest BCUT2D eigenvalue weighted by Crippen LogP contribution is 2.39. The Kier molecular flexibility index (Phi) is 4.05. The van der Waals surface area contributed by atoms with Crippen LogP contribution >= 0.6 is 0 Å². The number of hydrogen-bond acceptors (Lipinski definition) is 5. The van der Waals surface area contributed by atoms with Crippen LogP contribution in [0.2, 0.25) is 0 Å². The molecule has 132 valence electrons. The molecule has 0 bridgehead atoms. The number of carbonyl (C=O) groups is 1. The Morgan fingerprint density at radius 1 is 1.12 bits per heavy atom. The second-order valence-corrected chi connectivity index (χ2v) is 6.71. The Hall–Kier alpha value is -2.99. The molecule has 0 spiro atoms. The number of allylic oxidation sites excluding steroid dienone is 2. The predicted molar refractivity (Wildman–Crippen MR) is 97.4 cm³/mol. The van der Waals surface area contributed by atoms with Crippen molar-refractivity contribution < 1.29 is 9.53 Å². The zero-order chi connectivity index (χ0) is 18.1. The maximum atomic E-state index is 11.6. The molecule has 6 nitrogen and oxygen atoms in total. The second kappa shape index (κ2) is 6.38. The number of nitrogens with two attached hydrogens (primary N) is 2. The molecule has 1 saturated carbocycles. The Labute approximate surface area is 151 Å². The molecule has 2 aromatic rings. The first-order chi connectivity index (χ1) is 12.6. The van der Waals surface area contributed by atoms with Gasteiger partial charge in [-0.25, -0.2) is 0 Å². The van der Waals surface area contributed by atoms with E-state index in [4.69, 9.17) is 16.2 Å². The van der Waals surface area contributed by atoms with Crippen molar-refractivity contribution in [3.05, 3.63) is 71.9 Å². The van der Waals surface area contributed by atoms with Gasteiger partial charge in [-0.3, -0.25) is 14.8 Å². The van der Waals surface area contributed by atoms with Crippen LogP contribution < -0.4 is 11.5 Å². The molecule has 1 unspecified atom stereocenters. The van der Waals surface area contributed by atoms with E-state index in [2.05, 4.69) is 9.97 Å². The number of rotatable bonds is 5. The number of aromatic nitrogens is 2. The lowest BCUT2D eigenvalue weighted by atomic mass is 9.82. The molecule has 2 aliphatic rings. The summed E-state index contributed by atoms with van der Waals surface area (Å²) in [5.74, 6) is 0.113. The van der Waals surface area contributed by atoms with E-state index in [0.717, 1.165) is 24.1 Å². The highest BCUT2D eigenvalue weighted by molar-refractivity contribution is 5.93. The van der Waals surface area contributed by atoms with Gasteiger partial charge in [-0.2, -0.15) is 0 Å². The van der Waals surface area contributed by atoms with Crippen LogP contribution in [0.5, 0.6) is 0 Å². The van der Waals surface area contributed by atoms with Gasteiger partial charge in [-0.05, 0) is 18.9 Å². The molecule has 1 fully saturated rings. The van der Waals surface area contributed by atoms with Gasteiger partial charge in [0, 0.05) is 17.6 Å². The summed E-state index contributed by atoms with van der Waals surface area (Å²) in [6.45, 7) is 0. The second-order valence-electron chi connectivity index (χ2n) is 6.71. The summed E-state index contributed by atoms with van der Waals surface area (Å²) >= 11 is 0. The smallest absolute Gasteiger partial charge is 0.244 e. The van der Waals surface area contributed by atoms with Gasteiger partial charge in [0.05, 0.1) is 29.9 Å². The lowest BCUT2D eigenvalue weighted by molar-refractivity contribution is -0.114. The normalized spacial score (nSPS) is 22.3. The third-order valence-corrected chi connectivity index (χ3v) is 4.66. The fraction of sp³-hybridized carbons (Fsp3) is 0.250. The van der Waals surface area contributed by atoms with Gasteiger partial charge in [0.1, 0.15) is 11.3 Å². The molecule has 4 N–H and O–H groups in total. The minimum absolute atomic E-state index is 0.184. The minimum Gasteiger partial charge on any atom is -0.492 e. The molecular weight excluding hydrogens is 328 g/mol. The van der Waals surface area contributed by atoms with Crippen LogP contribution in [0.4, 0.5) is 0 Å². The Morgan fingerprint density at radius 3 is 2.50 bits per heavy atom. The molecule has 2 aliphatic carbocycles. The van der Waals surface area contributed by atoms with Gasteiger partial charge in [-0.15, -0.1) is 0 Å². The van der Waals surface area contributed by atoms with E-state index in [-0.39, 0.29) is 12.5 Å². The van der Waals surface area contributed by atoms with Crippen molar-refractivity contribution in [1.29, 1.82) is 0 Å². The Morgan fingerprint density at radius 2 is 1.88 bits per heavy atom. The van der Waals surface area contributed by atoms with E-state index >= 15 is 0 Å². The van der Waals surface area contributed by atoms with E-state index in [1.165, 1.54) is 0 Å². The fourth-order valence-corrected chi connectivity index (χ4v) is 2.98. The quantitative estimate of drug-likeness (QED) is 0.862. The third-order valence-electron chi connectivity index (χ3n) is 4.66. The van der Waals surface area contributed by atoms with Gasteiger partial charge in [-0.1, -0.05) is 36.4 Å². The van der Waals surface area contributed by atoms with Gasteiger partial charge in [0.2, 0.25) is 5.91 Å². The van der Waals surface area contributed by atoms with Crippen molar-refractivity contribution >= 4 is 5.91 Å². The summed E-state index contributed by atoms with van der Waals surface area (Å²) < 4.78 is 5.99. The van der Waals surface area contributed by atoms with E-state index in [1.807, 2.05) is 30.3 Å². The first-order valence-electron chi connectivity index (χ1n) is 8.61. The third kappa shape index (κ3) is 3.11. The van der Waals surface area contributed by atoms with Crippen molar-refractivity contribution in [3.8, 4) is 11.3 Å². The van der Waals surface area contributed by atoms with E-state index < -0.39 is 11.4 Å². The van der Waals surface area contributed by atoms with Crippen molar-refractivity contribution in [2.75, 3.05) is 0 Å². The van der Waals surface area contributed by atoms with E-state index in [0.29, 0.717) is 17.0 Å². The van der Waals surface area contributed by atoms with E-state index in [1.54, 1.807) is 24.5 Å². The average Bonchev–Trinajstić information content (AvgIpc) is 3.48. The van der Waals surface area contributed by atoms with Crippen molar-refractivity contribution in [1.82, 2.24) is 9.97 Å². The molecule has 0 radical (unpaired) electrons. The molecule has 6 heteroatoms. The predicted octanol–water partition coefficient (Wildman–Crippen LogP) is 2.18. The van der Waals surface area contributed by atoms with Crippen LogP contribution in [0.3, 0.4) is 0 Å². The Balaban J connectivity index is 1.68. The summed E-state index contributed by atoms with van der Waals surface area (Å²) in [7, 11) is 0. The molecule has 0 aliphatic heterocycles. The van der Waals surface area contributed by atoms with Crippen LogP contribution in [0.25, 0.3) is 11.3 Å². The maximum absolute atomic E-state index is 11.6. The monoisotopic (exact) mass is 348 g/mol. The minimum atomic E-state index is -1.05. The van der Waals surface area contributed by atoms with Gasteiger partial charge >= 0.3 is 0 Å². The number of ether oxygens (including phenoxy) is 1. The van der Waals surface area contributed by atoms with Crippen molar-refractivity contribution in [2.24, 2.45) is 11.5 Å². The zero-order valence-corrected chi connectivity index (χ0v) is 14.3. The summed E-state index contributed by atoms with van der Waals surface area (Å²) in [6, 6.07) is 9.79. The largest absolute Gasteiger partial charge is 0.492 e. The van der Waals surface area contributed by atoms with Gasteiger partial charge < -0.3 is 16.2 Å². The van der Waals surface area contributed by atoms with Crippen LogP contribution in [0.1, 0.15) is 25.0 Å². The number of nitrogens with zero attached hydrogens (tertiary/aromatic N) is 2. The number of benzene rings is 1. The molecule has 1 atom stereocenters. The van der Waals surface area contributed by atoms with Crippen LogP contribution in [-0.2, 0) is 15.1 Å². The zero-order valence-electron chi connectivity index (χ0n) is 14.3. The number of primary amides is 1. The van der Waals surface area contributed by atoms with Crippen LogP contribution in [0.15, 0.2) is 66.2 Å². The summed E-state index contributed by atoms with van der Waals surface area (Å²) in [6.07, 6.45) is 9.19. The average molecular weight is 348 g/mol. The highest BCUT2D eigenvalue weighted by atomic mass is 16.5. The molecule has 26 heavy (non-hydrogen) atoms. The van der Waals surface area contributed by atoms with Crippen LogP contribution in [0, 0.1) is 0 Å². The lowest BCUT2D eigenvalue weighted by Gasteiger charge is -2.33.